The fourth-order valence-corrected chi connectivity index (χ4v) is 4.36. The highest BCUT2D eigenvalue weighted by Gasteiger charge is 2.44. The zero-order chi connectivity index (χ0) is 17.6. The van der Waals surface area contributed by atoms with Gasteiger partial charge in [-0.15, -0.1) is 0 Å². The summed E-state index contributed by atoms with van der Waals surface area (Å²) in [7, 11) is 0. The normalized spacial score (nSPS) is 25.2. The van der Waals surface area contributed by atoms with Gasteiger partial charge in [0, 0.05) is 17.8 Å². The monoisotopic (exact) mass is 340 g/mol. The first-order valence-corrected chi connectivity index (χ1v) is 8.77. The van der Waals surface area contributed by atoms with E-state index in [0.717, 1.165) is 31.2 Å². The van der Waals surface area contributed by atoms with Gasteiger partial charge >= 0.3 is 0 Å². The highest BCUT2D eigenvalue weighted by molar-refractivity contribution is 5.97. The molecule has 4 rings (SSSR count). The Labute approximate surface area is 146 Å². The number of amides is 1. The molecule has 1 aromatic carbocycles. The molecule has 0 spiro atoms. The number of carbonyl (C=O) groups is 1. The highest BCUT2D eigenvalue weighted by Crippen LogP contribution is 2.44. The molecular weight excluding hydrogens is 319 g/mol. The van der Waals surface area contributed by atoms with Gasteiger partial charge in [0.2, 0.25) is 5.88 Å². The predicted molar refractivity (Wildman–Crippen MR) is 92.0 cm³/mol. The Hall–Kier alpha value is -2.43. The van der Waals surface area contributed by atoms with E-state index in [1.54, 1.807) is 19.1 Å². The van der Waals surface area contributed by atoms with E-state index in [4.69, 9.17) is 0 Å². The number of rotatable bonds is 2. The SMILES string of the molecule is Cc1ccc(C(=O)N2[C@@H]3CC[C@H]2C[C@@H](c2ccc(F)cc2)C3)c(O)n1. The van der Waals surface area contributed by atoms with Gasteiger partial charge in [-0.3, -0.25) is 4.79 Å². The Morgan fingerprint density at radius 2 is 1.76 bits per heavy atom. The van der Waals surface area contributed by atoms with E-state index in [0.29, 0.717) is 11.6 Å². The Balaban J connectivity index is 1.56. The minimum absolute atomic E-state index is 0.130. The molecule has 2 aromatic rings. The molecule has 1 N–H and O–H groups in total. The number of pyridine rings is 1. The van der Waals surface area contributed by atoms with Crippen LogP contribution in [0.1, 0.15) is 53.2 Å². The lowest BCUT2D eigenvalue weighted by Crippen LogP contribution is -2.46. The maximum atomic E-state index is 13.2. The van der Waals surface area contributed by atoms with Crippen LogP contribution in [-0.4, -0.2) is 33.0 Å². The van der Waals surface area contributed by atoms with Gasteiger partial charge in [0.1, 0.15) is 11.4 Å². The van der Waals surface area contributed by atoms with Crippen LogP contribution >= 0.6 is 0 Å². The van der Waals surface area contributed by atoms with E-state index in [9.17, 15) is 14.3 Å². The van der Waals surface area contributed by atoms with Gasteiger partial charge in [-0.25, -0.2) is 9.37 Å². The fraction of sp³-hybridized carbons (Fsp3) is 0.400. The second kappa shape index (κ2) is 6.14. The smallest absolute Gasteiger partial charge is 0.259 e. The average Bonchev–Trinajstić information content (AvgIpc) is 2.85. The minimum Gasteiger partial charge on any atom is -0.493 e. The summed E-state index contributed by atoms with van der Waals surface area (Å²) in [6, 6.07) is 10.5. The van der Waals surface area contributed by atoms with Crippen molar-refractivity contribution in [2.75, 3.05) is 0 Å². The third-order valence-corrected chi connectivity index (χ3v) is 5.55. The molecule has 2 fully saturated rings. The summed E-state index contributed by atoms with van der Waals surface area (Å²) < 4.78 is 13.2. The van der Waals surface area contributed by atoms with E-state index in [1.165, 1.54) is 12.1 Å². The lowest BCUT2D eigenvalue weighted by Gasteiger charge is -2.39. The highest BCUT2D eigenvalue weighted by atomic mass is 19.1. The number of halogens is 1. The second-order valence-corrected chi connectivity index (χ2v) is 7.14. The van der Waals surface area contributed by atoms with Crippen molar-refractivity contribution in [3.8, 4) is 5.88 Å². The third-order valence-electron chi connectivity index (χ3n) is 5.55. The molecule has 130 valence electrons. The van der Waals surface area contributed by atoms with Gasteiger partial charge in [0.15, 0.2) is 0 Å². The van der Waals surface area contributed by atoms with Crippen LogP contribution in [0.4, 0.5) is 4.39 Å². The summed E-state index contributed by atoms with van der Waals surface area (Å²) >= 11 is 0. The average molecular weight is 340 g/mol. The number of aromatic nitrogens is 1. The van der Waals surface area contributed by atoms with Crippen molar-refractivity contribution in [1.29, 1.82) is 0 Å². The van der Waals surface area contributed by atoms with Crippen molar-refractivity contribution in [3.63, 3.8) is 0 Å². The van der Waals surface area contributed by atoms with E-state index in [-0.39, 0.29) is 35.3 Å². The molecular formula is C20H21FN2O2. The molecule has 0 saturated carbocycles. The van der Waals surface area contributed by atoms with Crippen LogP contribution in [0.3, 0.4) is 0 Å². The van der Waals surface area contributed by atoms with Crippen LogP contribution in [0.5, 0.6) is 5.88 Å². The third kappa shape index (κ3) is 2.88. The van der Waals surface area contributed by atoms with Crippen LogP contribution in [0, 0.1) is 12.7 Å². The standard InChI is InChI=1S/C20H21FN2O2/c1-12-2-9-18(19(24)22-12)20(25)23-16-7-8-17(23)11-14(10-16)13-3-5-15(21)6-4-13/h2-6,9,14,16-17H,7-8,10-11H2,1H3,(H,22,24)/t14-,16+,17-. The number of piperidine rings is 1. The molecule has 2 aliphatic rings. The number of hydrogen-bond acceptors (Lipinski definition) is 3. The molecule has 2 saturated heterocycles. The van der Waals surface area contributed by atoms with Gasteiger partial charge in [-0.2, -0.15) is 0 Å². The zero-order valence-corrected chi connectivity index (χ0v) is 14.2. The number of hydrogen-bond donors (Lipinski definition) is 1. The quantitative estimate of drug-likeness (QED) is 0.905. The second-order valence-electron chi connectivity index (χ2n) is 7.14. The Morgan fingerprint density at radius 1 is 1.12 bits per heavy atom. The molecule has 2 bridgehead atoms. The van der Waals surface area contributed by atoms with Crippen LogP contribution in [0.2, 0.25) is 0 Å². The summed E-state index contributed by atoms with van der Waals surface area (Å²) in [5, 5.41) is 10.0. The van der Waals surface area contributed by atoms with Crippen molar-refractivity contribution < 1.29 is 14.3 Å². The predicted octanol–water partition coefficient (Wildman–Crippen LogP) is 3.79. The summed E-state index contributed by atoms with van der Waals surface area (Å²) in [5.41, 5.74) is 2.11. The lowest BCUT2D eigenvalue weighted by atomic mass is 9.85. The number of benzene rings is 1. The molecule has 2 aliphatic heterocycles. The molecule has 4 nitrogen and oxygen atoms in total. The molecule has 3 atom stereocenters. The lowest BCUT2D eigenvalue weighted by molar-refractivity contribution is 0.0567. The van der Waals surface area contributed by atoms with E-state index < -0.39 is 0 Å². The van der Waals surface area contributed by atoms with Gasteiger partial charge in [-0.05, 0) is 68.4 Å². The number of fused-ring (bicyclic) bond motifs is 2. The van der Waals surface area contributed by atoms with Crippen molar-refractivity contribution in [1.82, 2.24) is 9.88 Å². The number of aromatic hydroxyl groups is 1. The van der Waals surface area contributed by atoms with Crippen LogP contribution in [0.25, 0.3) is 0 Å². The summed E-state index contributed by atoms with van der Waals surface area (Å²) in [6.07, 6.45) is 3.73. The maximum Gasteiger partial charge on any atom is 0.259 e. The zero-order valence-electron chi connectivity index (χ0n) is 14.2. The summed E-state index contributed by atoms with van der Waals surface area (Å²) in [6.45, 7) is 1.78. The van der Waals surface area contributed by atoms with Gasteiger partial charge in [-0.1, -0.05) is 12.1 Å². The van der Waals surface area contributed by atoms with Gasteiger partial charge in [0.05, 0.1) is 0 Å². The molecule has 0 radical (unpaired) electrons. The van der Waals surface area contributed by atoms with Crippen molar-refractivity contribution in [3.05, 3.63) is 59.0 Å². The molecule has 5 heteroatoms. The largest absolute Gasteiger partial charge is 0.493 e. The first-order chi connectivity index (χ1) is 12.0. The number of carbonyl (C=O) groups excluding carboxylic acids is 1. The van der Waals surface area contributed by atoms with E-state index >= 15 is 0 Å². The van der Waals surface area contributed by atoms with Crippen molar-refractivity contribution in [2.45, 2.75) is 50.6 Å². The Kier molecular flexibility index (Phi) is 3.94. The number of aryl methyl sites for hydroxylation is 1. The first kappa shape index (κ1) is 16.1. The van der Waals surface area contributed by atoms with Gasteiger partial charge < -0.3 is 10.0 Å². The molecule has 0 unspecified atom stereocenters. The first-order valence-electron chi connectivity index (χ1n) is 8.77. The topological polar surface area (TPSA) is 53.4 Å². The maximum absolute atomic E-state index is 13.2. The molecule has 0 aliphatic carbocycles. The molecule has 25 heavy (non-hydrogen) atoms. The Morgan fingerprint density at radius 3 is 2.36 bits per heavy atom. The van der Waals surface area contributed by atoms with Gasteiger partial charge in [0.25, 0.3) is 5.91 Å². The number of nitrogens with zero attached hydrogens (tertiary/aromatic N) is 2. The van der Waals surface area contributed by atoms with Crippen molar-refractivity contribution >= 4 is 5.91 Å². The van der Waals surface area contributed by atoms with Crippen LogP contribution in [-0.2, 0) is 0 Å². The van der Waals surface area contributed by atoms with Crippen LogP contribution in [0.15, 0.2) is 36.4 Å². The Bertz CT molecular complexity index is 792. The molecule has 1 amide bonds. The van der Waals surface area contributed by atoms with E-state index in [1.807, 2.05) is 17.0 Å². The fourth-order valence-electron chi connectivity index (χ4n) is 4.36. The summed E-state index contributed by atoms with van der Waals surface area (Å²) in [5.74, 6) is -0.186. The molecule has 3 heterocycles. The summed E-state index contributed by atoms with van der Waals surface area (Å²) in [4.78, 5) is 18.9. The van der Waals surface area contributed by atoms with E-state index in [2.05, 4.69) is 4.98 Å². The van der Waals surface area contributed by atoms with Crippen LogP contribution < -0.4 is 0 Å². The van der Waals surface area contributed by atoms with Crippen molar-refractivity contribution in [2.24, 2.45) is 0 Å². The minimum atomic E-state index is -0.221. The molecule has 1 aromatic heterocycles.